The minimum absolute atomic E-state index is 0.0693. The van der Waals surface area contributed by atoms with Crippen LogP contribution in [0.2, 0.25) is 0 Å². The maximum Gasteiger partial charge on any atom is 0.269 e. The largest absolute Gasteiger partial charge is 0.374 e. The summed E-state index contributed by atoms with van der Waals surface area (Å²) in [6, 6.07) is 18.7. The van der Waals surface area contributed by atoms with Crippen LogP contribution in [0.3, 0.4) is 0 Å². The summed E-state index contributed by atoms with van der Waals surface area (Å²) in [6.45, 7) is 0. The highest BCUT2D eigenvalue weighted by atomic mass is 16.6. The molecule has 1 aliphatic heterocycles. The van der Waals surface area contributed by atoms with Gasteiger partial charge in [-0.15, -0.1) is 0 Å². The van der Waals surface area contributed by atoms with E-state index in [1.165, 1.54) is 12.1 Å². The molecule has 0 saturated carbocycles. The summed E-state index contributed by atoms with van der Waals surface area (Å²) in [5, 5.41) is 16.8. The van der Waals surface area contributed by atoms with E-state index in [1.54, 1.807) is 12.1 Å². The fourth-order valence-corrected chi connectivity index (χ4v) is 4.43. The van der Waals surface area contributed by atoms with Crippen LogP contribution in [-0.4, -0.2) is 10.7 Å². The molecule has 0 saturated heterocycles. The van der Waals surface area contributed by atoms with E-state index in [2.05, 4.69) is 23.5 Å². The molecular formula is C23H18N2O3. The monoisotopic (exact) mass is 370 g/mol. The van der Waals surface area contributed by atoms with E-state index in [0.717, 1.165) is 51.6 Å². The summed E-state index contributed by atoms with van der Waals surface area (Å²) < 4.78 is 0. The predicted molar refractivity (Wildman–Crippen MR) is 109 cm³/mol. The number of carbonyl (C=O) groups excluding carboxylic acids is 1. The molecule has 2 aliphatic rings. The zero-order chi connectivity index (χ0) is 19.3. The number of anilines is 1. The van der Waals surface area contributed by atoms with E-state index >= 15 is 0 Å². The van der Waals surface area contributed by atoms with Crippen LogP contribution in [0.25, 0.3) is 16.3 Å². The lowest BCUT2D eigenvalue weighted by atomic mass is 9.77. The molecule has 1 N–H and O–H groups in total. The van der Waals surface area contributed by atoms with Gasteiger partial charge in [-0.05, 0) is 52.9 Å². The molecule has 0 unspecified atom stereocenters. The SMILES string of the molecule is O=C1CCCC2=C1c1c(ccc3ccccc13)N[C@@H]2c1ccc([N+](=O)[O-])cc1. The second-order valence-electron chi connectivity index (χ2n) is 7.31. The maximum absolute atomic E-state index is 13.0. The first-order valence-corrected chi connectivity index (χ1v) is 9.43. The third kappa shape index (κ3) is 2.51. The number of nitro groups is 1. The van der Waals surface area contributed by atoms with E-state index in [1.807, 2.05) is 18.2 Å². The summed E-state index contributed by atoms with van der Waals surface area (Å²) >= 11 is 0. The molecule has 0 radical (unpaired) electrons. The highest BCUT2D eigenvalue weighted by molar-refractivity contribution is 6.27. The molecule has 1 heterocycles. The second-order valence-corrected chi connectivity index (χ2v) is 7.31. The van der Waals surface area contributed by atoms with Gasteiger partial charge in [-0.25, -0.2) is 0 Å². The number of allylic oxidation sites excluding steroid dienone is 1. The zero-order valence-electron chi connectivity index (χ0n) is 15.1. The van der Waals surface area contributed by atoms with Crippen molar-refractivity contribution in [3.8, 4) is 0 Å². The molecule has 0 spiro atoms. The molecule has 1 atom stereocenters. The molecule has 3 aromatic rings. The zero-order valence-corrected chi connectivity index (χ0v) is 15.1. The van der Waals surface area contributed by atoms with Crippen molar-refractivity contribution >= 4 is 33.5 Å². The Morgan fingerprint density at radius 1 is 0.964 bits per heavy atom. The minimum Gasteiger partial charge on any atom is -0.374 e. The van der Waals surface area contributed by atoms with E-state index in [-0.39, 0.29) is 17.5 Å². The van der Waals surface area contributed by atoms with Crippen LogP contribution in [0.4, 0.5) is 11.4 Å². The number of hydrogen-bond donors (Lipinski definition) is 1. The number of benzene rings is 3. The molecule has 5 heteroatoms. The van der Waals surface area contributed by atoms with Gasteiger partial charge in [0.1, 0.15) is 0 Å². The normalized spacial score (nSPS) is 18.4. The Labute approximate surface area is 161 Å². The van der Waals surface area contributed by atoms with Crippen molar-refractivity contribution in [2.45, 2.75) is 25.3 Å². The molecule has 5 nitrogen and oxygen atoms in total. The number of ketones is 1. The smallest absolute Gasteiger partial charge is 0.269 e. The molecule has 28 heavy (non-hydrogen) atoms. The van der Waals surface area contributed by atoms with Gasteiger partial charge in [0.15, 0.2) is 5.78 Å². The van der Waals surface area contributed by atoms with Gasteiger partial charge in [0.2, 0.25) is 0 Å². The van der Waals surface area contributed by atoms with E-state index in [0.29, 0.717) is 6.42 Å². The Balaban J connectivity index is 1.72. The van der Waals surface area contributed by atoms with Crippen LogP contribution in [0, 0.1) is 10.1 Å². The Morgan fingerprint density at radius 2 is 1.75 bits per heavy atom. The molecule has 1 aliphatic carbocycles. The number of nitrogens with one attached hydrogen (secondary N) is 1. The molecule has 0 amide bonds. The lowest BCUT2D eigenvalue weighted by molar-refractivity contribution is -0.384. The van der Waals surface area contributed by atoms with Gasteiger partial charge >= 0.3 is 0 Å². The quantitative estimate of drug-likeness (QED) is 0.483. The Hall–Kier alpha value is -3.47. The average Bonchev–Trinajstić information content (AvgIpc) is 2.73. The first-order valence-electron chi connectivity index (χ1n) is 9.43. The number of nitro benzene ring substituents is 1. The number of nitrogens with zero attached hydrogens (tertiary/aromatic N) is 1. The number of non-ortho nitro benzene ring substituents is 1. The molecule has 0 bridgehead atoms. The molecule has 3 aromatic carbocycles. The fraction of sp³-hybridized carbons (Fsp3) is 0.174. The van der Waals surface area contributed by atoms with Crippen molar-refractivity contribution in [2.24, 2.45) is 0 Å². The van der Waals surface area contributed by atoms with E-state index in [9.17, 15) is 14.9 Å². The summed E-state index contributed by atoms with van der Waals surface area (Å²) in [4.78, 5) is 23.6. The predicted octanol–water partition coefficient (Wildman–Crippen LogP) is 5.42. The number of hydrogen-bond acceptors (Lipinski definition) is 4. The van der Waals surface area contributed by atoms with Crippen LogP contribution in [0.15, 0.2) is 66.2 Å². The molecular weight excluding hydrogens is 352 g/mol. The lowest BCUT2D eigenvalue weighted by Crippen LogP contribution is -2.25. The molecule has 0 aromatic heterocycles. The summed E-state index contributed by atoms with van der Waals surface area (Å²) in [6.07, 6.45) is 2.25. The van der Waals surface area contributed by atoms with Crippen LogP contribution in [0.5, 0.6) is 0 Å². The summed E-state index contributed by atoms with van der Waals surface area (Å²) in [7, 11) is 0. The van der Waals surface area contributed by atoms with Crippen LogP contribution < -0.4 is 5.32 Å². The van der Waals surface area contributed by atoms with Crippen LogP contribution >= 0.6 is 0 Å². The van der Waals surface area contributed by atoms with Crippen LogP contribution in [-0.2, 0) is 4.79 Å². The minimum atomic E-state index is -0.394. The van der Waals surface area contributed by atoms with E-state index in [4.69, 9.17) is 0 Å². The van der Waals surface area contributed by atoms with Gasteiger partial charge < -0.3 is 5.32 Å². The van der Waals surface area contributed by atoms with Gasteiger partial charge in [-0.1, -0.05) is 30.3 Å². The maximum atomic E-state index is 13.0. The number of fused-ring (bicyclic) bond motifs is 4. The van der Waals surface area contributed by atoms with Crippen molar-refractivity contribution in [2.75, 3.05) is 5.32 Å². The standard InChI is InChI=1S/C23H18N2O3/c26-20-7-3-6-18-22(20)21-17-5-2-1-4-14(17)10-13-19(21)24-23(18)15-8-11-16(12-9-15)25(27)28/h1-2,4-5,8-13,23-24H,3,6-7H2/t23-/m1/s1. The van der Waals surface area contributed by atoms with Crippen molar-refractivity contribution in [3.63, 3.8) is 0 Å². The summed E-state index contributed by atoms with van der Waals surface area (Å²) in [5.74, 6) is 0.187. The highest BCUT2D eigenvalue weighted by Crippen LogP contribution is 2.47. The third-order valence-corrected chi connectivity index (χ3v) is 5.71. The average molecular weight is 370 g/mol. The van der Waals surface area contributed by atoms with Crippen molar-refractivity contribution < 1.29 is 9.72 Å². The first-order chi connectivity index (χ1) is 13.6. The Kier molecular flexibility index (Phi) is 3.76. The molecule has 5 rings (SSSR count). The highest BCUT2D eigenvalue weighted by Gasteiger charge is 2.34. The third-order valence-electron chi connectivity index (χ3n) is 5.71. The first kappa shape index (κ1) is 16.7. The molecule has 138 valence electrons. The van der Waals surface area contributed by atoms with Gasteiger partial charge in [0.25, 0.3) is 5.69 Å². The van der Waals surface area contributed by atoms with Crippen molar-refractivity contribution in [1.82, 2.24) is 0 Å². The van der Waals surface area contributed by atoms with E-state index < -0.39 is 4.92 Å². The fourth-order valence-electron chi connectivity index (χ4n) is 4.43. The summed E-state index contributed by atoms with van der Waals surface area (Å²) in [5.41, 5.74) is 4.87. The lowest BCUT2D eigenvalue weighted by Gasteiger charge is -2.35. The van der Waals surface area contributed by atoms with Gasteiger partial charge in [0.05, 0.1) is 11.0 Å². The van der Waals surface area contributed by atoms with Crippen molar-refractivity contribution in [1.29, 1.82) is 0 Å². The van der Waals surface area contributed by atoms with Gasteiger partial charge in [-0.2, -0.15) is 0 Å². The second kappa shape index (κ2) is 6.30. The van der Waals surface area contributed by atoms with Gasteiger partial charge in [-0.3, -0.25) is 14.9 Å². The number of Topliss-reactive ketones (excluding diaryl/α,β-unsaturated/α-hetero) is 1. The van der Waals surface area contributed by atoms with Crippen LogP contribution in [0.1, 0.15) is 36.4 Å². The molecule has 0 fully saturated rings. The number of carbonyl (C=O) groups is 1. The topological polar surface area (TPSA) is 72.2 Å². The number of rotatable bonds is 2. The Bertz CT molecular complexity index is 1160. The van der Waals surface area contributed by atoms with Crippen molar-refractivity contribution in [3.05, 3.63) is 87.5 Å². The van der Waals surface area contributed by atoms with Gasteiger partial charge in [0, 0.05) is 35.4 Å². The Morgan fingerprint density at radius 3 is 2.54 bits per heavy atom.